The maximum atomic E-state index is 13.5. The summed E-state index contributed by atoms with van der Waals surface area (Å²) in [6.45, 7) is -0.402. The van der Waals surface area contributed by atoms with Crippen molar-refractivity contribution in [1.82, 2.24) is 15.2 Å². The normalized spacial score (nSPS) is 10.7. The molecule has 0 saturated heterocycles. The standard InChI is InChI=1S/C9H7F2N3OS/c10-6-1-5(3-15)2-7(11)8(6)16-9-12-4-13-14-9/h1-2,4,15H,3H2,(H,12,13,14). The average molecular weight is 243 g/mol. The first kappa shape index (κ1) is 11.0. The number of halogens is 2. The van der Waals surface area contributed by atoms with Crippen LogP contribution in [0.2, 0.25) is 0 Å². The van der Waals surface area contributed by atoms with Gasteiger partial charge < -0.3 is 5.11 Å². The maximum absolute atomic E-state index is 13.5. The summed E-state index contributed by atoms with van der Waals surface area (Å²) in [5, 5.41) is 15.1. The van der Waals surface area contributed by atoms with Crippen LogP contribution >= 0.6 is 11.8 Å². The molecule has 16 heavy (non-hydrogen) atoms. The van der Waals surface area contributed by atoms with Crippen LogP contribution in [0, 0.1) is 11.6 Å². The summed E-state index contributed by atoms with van der Waals surface area (Å²) in [4.78, 5) is 3.58. The monoisotopic (exact) mass is 243 g/mol. The Morgan fingerprint density at radius 2 is 2.00 bits per heavy atom. The van der Waals surface area contributed by atoms with E-state index in [0.29, 0.717) is 5.16 Å². The van der Waals surface area contributed by atoms with Crippen molar-refractivity contribution in [2.24, 2.45) is 0 Å². The summed E-state index contributed by atoms with van der Waals surface area (Å²) in [6, 6.07) is 2.17. The Morgan fingerprint density at radius 3 is 2.50 bits per heavy atom. The third kappa shape index (κ3) is 2.20. The van der Waals surface area contributed by atoms with Crippen molar-refractivity contribution in [2.75, 3.05) is 0 Å². The van der Waals surface area contributed by atoms with Gasteiger partial charge in [0.25, 0.3) is 0 Å². The van der Waals surface area contributed by atoms with Gasteiger partial charge in [-0.2, -0.15) is 5.10 Å². The number of hydrogen-bond donors (Lipinski definition) is 2. The van der Waals surface area contributed by atoms with Gasteiger partial charge in [-0.25, -0.2) is 13.8 Å². The van der Waals surface area contributed by atoms with Crippen molar-refractivity contribution in [3.05, 3.63) is 35.7 Å². The number of nitrogens with one attached hydrogen (secondary N) is 1. The van der Waals surface area contributed by atoms with Crippen molar-refractivity contribution in [3.63, 3.8) is 0 Å². The second kappa shape index (κ2) is 4.58. The second-order valence-electron chi connectivity index (χ2n) is 2.94. The van der Waals surface area contributed by atoms with E-state index >= 15 is 0 Å². The molecule has 0 unspecified atom stereocenters. The molecule has 84 valence electrons. The topological polar surface area (TPSA) is 61.8 Å². The fourth-order valence-corrected chi connectivity index (χ4v) is 1.85. The molecule has 0 atom stereocenters. The Bertz CT molecular complexity index is 466. The summed E-state index contributed by atoms with van der Waals surface area (Å²) < 4.78 is 26.9. The third-order valence-electron chi connectivity index (χ3n) is 1.83. The fraction of sp³-hybridized carbons (Fsp3) is 0.111. The van der Waals surface area contributed by atoms with E-state index in [2.05, 4.69) is 15.2 Å². The van der Waals surface area contributed by atoms with Crippen molar-refractivity contribution in [1.29, 1.82) is 0 Å². The van der Waals surface area contributed by atoms with Crippen LogP contribution in [0.25, 0.3) is 0 Å². The molecule has 0 aliphatic heterocycles. The SMILES string of the molecule is OCc1cc(F)c(Sc2ncn[nH]2)c(F)c1. The molecular formula is C9H7F2N3OS. The lowest BCUT2D eigenvalue weighted by Gasteiger charge is -2.04. The molecule has 2 aromatic rings. The van der Waals surface area contributed by atoms with Crippen molar-refractivity contribution < 1.29 is 13.9 Å². The van der Waals surface area contributed by atoms with Crippen LogP contribution in [0.5, 0.6) is 0 Å². The van der Waals surface area contributed by atoms with E-state index in [-0.39, 0.29) is 10.5 Å². The molecule has 2 rings (SSSR count). The minimum absolute atomic E-state index is 0.172. The van der Waals surface area contributed by atoms with Gasteiger partial charge in [0.05, 0.1) is 11.5 Å². The van der Waals surface area contributed by atoms with Gasteiger partial charge in [-0.1, -0.05) is 0 Å². The molecule has 4 nitrogen and oxygen atoms in total. The summed E-state index contributed by atoms with van der Waals surface area (Å²) in [5.41, 5.74) is 0.192. The Morgan fingerprint density at radius 1 is 1.31 bits per heavy atom. The van der Waals surface area contributed by atoms with E-state index in [1.807, 2.05) is 0 Å². The van der Waals surface area contributed by atoms with Gasteiger partial charge in [-0.05, 0) is 29.5 Å². The predicted octanol–water partition coefficient (Wildman–Crippen LogP) is 1.73. The first-order chi connectivity index (χ1) is 7.70. The van der Waals surface area contributed by atoms with Crippen LogP contribution < -0.4 is 0 Å². The molecule has 0 aliphatic carbocycles. The Hall–Kier alpha value is -1.47. The molecule has 1 aromatic carbocycles. The van der Waals surface area contributed by atoms with Crippen LogP contribution in [-0.4, -0.2) is 20.3 Å². The quantitative estimate of drug-likeness (QED) is 0.861. The predicted molar refractivity (Wildman–Crippen MR) is 52.8 cm³/mol. The molecular weight excluding hydrogens is 236 g/mol. The molecule has 0 radical (unpaired) electrons. The van der Waals surface area contributed by atoms with Crippen LogP contribution in [0.1, 0.15) is 5.56 Å². The van der Waals surface area contributed by atoms with E-state index in [9.17, 15) is 8.78 Å². The molecule has 7 heteroatoms. The lowest BCUT2D eigenvalue weighted by atomic mass is 10.2. The van der Waals surface area contributed by atoms with Gasteiger partial charge in [0.2, 0.25) is 0 Å². The largest absolute Gasteiger partial charge is 0.392 e. The van der Waals surface area contributed by atoms with Crippen molar-refractivity contribution in [3.8, 4) is 0 Å². The lowest BCUT2D eigenvalue weighted by Crippen LogP contribution is -1.93. The smallest absolute Gasteiger partial charge is 0.188 e. The first-order valence-electron chi connectivity index (χ1n) is 4.32. The van der Waals surface area contributed by atoms with Crippen LogP contribution in [0.4, 0.5) is 8.78 Å². The van der Waals surface area contributed by atoms with Gasteiger partial charge in [0.1, 0.15) is 18.0 Å². The minimum atomic E-state index is -0.731. The van der Waals surface area contributed by atoms with Gasteiger partial charge in [0, 0.05) is 0 Å². The second-order valence-corrected chi connectivity index (χ2v) is 3.94. The van der Waals surface area contributed by atoms with Crippen LogP contribution in [-0.2, 0) is 6.61 Å². The molecule has 2 N–H and O–H groups in total. The number of hydrogen-bond acceptors (Lipinski definition) is 4. The molecule has 0 bridgehead atoms. The molecule has 0 fully saturated rings. The molecule has 0 saturated carbocycles. The fourth-order valence-electron chi connectivity index (χ4n) is 1.14. The van der Waals surface area contributed by atoms with Gasteiger partial charge in [-0.3, -0.25) is 5.10 Å². The summed E-state index contributed by atoms with van der Waals surface area (Å²) in [5.74, 6) is -1.46. The van der Waals surface area contributed by atoms with Crippen molar-refractivity contribution in [2.45, 2.75) is 16.7 Å². The molecule has 0 aliphatic rings. The zero-order valence-corrected chi connectivity index (χ0v) is 8.76. The summed E-state index contributed by atoms with van der Waals surface area (Å²) in [6.07, 6.45) is 1.25. The number of nitrogens with zero attached hydrogens (tertiary/aromatic N) is 2. The molecule has 1 heterocycles. The Labute approximate surface area is 93.7 Å². The number of aliphatic hydroxyl groups is 1. The number of aromatic amines is 1. The number of benzene rings is 1. The summed E-state index contributed by atoms with van der Waals surface area (Å²) >= 11 is 0.806. The summed E-state index contributed by atoms with van der Waals surface area (Å²) in [7, 11) is 0. The highest BCUT2D eigenvalue weighted by Gasteiger charge is 2.13. The molecule has 0 amide bonds. The lowest BCUT2D eigenvalue weighted by molar-refractivity contribution is 0.280. The Balaban J connectivity index is 2.34. The van der Waals surface area contributed by atoms with Gasteiger partial charge in [-0.15, -0.1) is 0 Å². The highest BCUT2D eigenvalue weighted by Crippen LogP contribution is 2.30. The first-order valence-corrected chi connectivity index (χ1v) is 5.14. The molecule has 0 spiro atoms. The maximum Gasteiger partial charge on any atom is 0.188 e. The average Bonchev–Trinajstić information content (AvgIpc) is 2.75. The van der Waals surface area contributed by atoms with E-state index < -0.39 is 18.2 Å². The van der Waals surface area contributed by atoms with E-state index in [1.54, 1.807) is 0 Å². The highest BCUT2D eigenvalue weighted by atomic mass is 32.2. The highest BCUT2D eigenvalue weighted by molar-refractivity contribution is 7.99. The zero-order valence-electron chi connectivity index (χ0n) is 7.94. The minimum Gasteiger partial charge on any atom is -0.392 e. The van der Waals surface area contributed by atoms with E-state index in [0.717, 1.165) is 23.9 Å². The van der Waals surface area contributed by atoms with Crippen LogP contribution in [0.3, 0.4) is 0 Å². The number of H-pyrrole nitrogens is 1. The Kier molecular flexibility index (Phi) is 3.16. The van der Waals surface area contributed by atoms with E-state index in [1.165, 1.54) is 6.33 Å². The molecule has 1 aromatic heterocycles. The van der Waals surface area contributed by atoms with Crippen molar-refractivity contribution >= 4 is 11.8 Å². The van der Waals surface area contributed by atoms with Gasteiger partial charge in [0.15, 0.2) is 5.16 Å². The number of aliphatic hydroxyl groups excluding tert-OH is 1. The number of rotatable bonds is 3. The third-order valence-corrected chi connectivity index (χ3v) is 2.82. The zero-order chi connectivity index (χ0) is 11.5. The van der Waals surface area contributed by atoms with E-state index in [4.69, 9.17) is 5.11 Å². The number of aromatic nitrogens is 3. The van der Waals surface area contributed by atoms with Crippen LogP contribution in [0.15, 0.2) is 28.5 Å². The van der Waals surface area contributed by atoms with Gasteiger partial charge >= 0.3 is 0 Å².